The van der Waals surface area contributed by atoms with Gasteiger partial charge in [0, 0.05) is 24.8 Å². The molecule has 1 heterocycles. The van der Waals surface area contributed by atoms with Crippen LogP contribution in [0.4, 0.5) is 0 Å². The average Bonchev–Trinajstić information content (AvgIpc) is 2.30. The first-order chi connectivity index (χ1) is 6.39. The van der Waals surface area contributed by atoms with Crippen LogP contribution in [0.25, 0.3) is 0 Å². The van der Waals surface area contributed by atoms with Crippen molar-refractivity contribution in [2.45, 2.75) is 18.7 Å². The maximum Gasteiger partial charge on any atom is 0.156 e. The Morgan fingerprint density at radius 2 is 2.29 bits per heavy atom. The molecule has 0 aromatic carbocycles. The normalized spacial score (nSPS) is 14.2. The predicted octanol–water partition coefficient (Wildman–Crippen LogP) is -0.318. The average molecular weight is 217 g/mol. The van der Waals surface area contributed by atoms with E-state index < -0.39 is 9.84 Å². The Bertz CT molecular complexity index is 394. The molecule has 14 heavy (non-hydrogen) atoms. The number of hydrogen-bond donors (Lipinski definition) is 1. The van der Waals surface area contributed by atoms with Gasteiger partial charge in [0.05, 0.1) is 17.7 Å². The maximum atomic E-state index is 11.5. The summed E-state index contributed by atoms with van der Waals surface area (Å²) in [5, 5.41) is 3.90. The van der Waals surface area contributed by atoms with E-state index in [1.165, 1.54) is 0 Å². The van der Waals surface area contributed by atoms with Gasteiger partial charge in [0.1, 0.15) is 0 Å². The van der Waals surface area contributed by atoms with Gasteiger partial charge in [0.15, 0.2) is 9.84 Å². The summed E-state index contributed by atoms with van der Waals surface area (Å²) in [7, 11) is -1.35. The van der Waals surface area contributed by atoms with Crippen molar-refractivity contribution in [3.63, 3.8) is 0 Å². The van der Waals surface area contributed by atoms with Crippen LogP contribution in [0, 0.1) is 0 Å². The van der Waals surface area contributed by atoms with E-state index in [4.69, 9.17) is 5.73 Å². The molecule has 1 aromatic heterocycles. The molecular weight excluding hydrogens is 202 g/mol. The topological polar surface area (TPSA) is 78.0 Å². The Balaban J connectivity index is 2.69. The van der Waals surface area contributed by atoms with Crippen LogP contribution < -0.4 is 5.73 Å². The number of aryl methyl sites for hydroxylation is 1. The summed E-state index contributed by atoms with van der Waals surface area (Å²) in [5.41, 5.74) is 6.14. The minimum atomic E-state index is -3.10. The highest BCUT2D eigenvalue weighted by Crippen LogP contribution is 2.05. The number of aromatic nitrogens is 2. The highest BCUT2D eigenvalue weighted by Gasteiger charge is 2.14. The molecule has 1 aromatic rings. The lowest BCUT2D eigenvalue weighted by Gasteiger charge is -2.05. The Hall–Kier alpha value is -0.880. The van der Waals surface area contributed by atoms with Gasteiger partial charge in [-0.25, -0.2) is 8.42 Å². The van der Waals surface area contributed by atoms with Gasteiger partial charge in [-0.15, -0.1) is 0 Å². The van der Waals surface area contributed by atoms with Crippen molar-refractivity contribution in [2.24, 2.45) is 12.8 Å². The Morgan fingerprint density at radius 3 is 2.71 bits per heavy atom. The monoisotopic (exact) mass is 217 g/mol. The van der Waals surface area contributed by atoms with E-state index in [-0.39, 0.29) is 17.5 Å². The molecule has 0 aliphatic heterocycles. The third-order valence-electron chi connectivity index (χ3n) is 1.66. The summed E-state index contributed by atoms with van der Waals surface area (Å²) in [6.07, 6.45) is 3.25. The minimum Gasteiger partial charge on any atom is -0.327 e. The van der Waals surface area contributed by atoms with Crippen molar-refractivity contribution in [3.05, 3.63) is 18.0 Å². The third kappa shape index (κ3) is 3.47. The van der Waals surface area contributed by atoms with Crippen LogP contribution in [0.5, 0.6) is 0 Å². The fourth-order valence-corrected chi connectivity index (χ4v) is 2.84. The molecule has 0 saturated carbocycles. The van der Waals surface area contributed by atoms with E-state index in [2.05, 4.69) is 5.10 Å². The van der Waals surface area contributed by atoms with Crippen molar-refractivity contribution < 1.29 is 8.42 Å². The van der Waals surface area contributed by atoms with Gasteiger partial charge in [0.25, 0.3) is 0 Å². The zero-order valence-electron chi connectivity index (χ0n) is 8.34. The number of hydrogen-bond acceptors (Lipinski definition) is 4. The van der Waals surface area contributed by atoms with Crippen molar-refractivity contribution >= 4 is 9.84 Å². The van der Waals surface area contributed by atoms with E-state index in [9.17, 15) is 8.42 Å². The first kappa shape index (κ1) is 11.2. The van der Waals surface area contributed by atoms with Crippen LogP contribution in [0.3, 0.4) is 0 Å². The SMILES string of the molecule is CC(N)CS(=O)(=O)Cc1cnn(C)c1. The minimum absolute atomic E-state index is 0.0158. The van der Waals surface area contributed by atoms with E-state index in [0.717, 1.165) is 0 Å². The first-order valence-corrected chi connectivity index (χ1v) is 6.15. The lowest BCUT2D eigenvalue weighted by Crippen LogP contribution is -2.26. The molecule has 0 saturated heterocycles. The molecule has 2 N–H and O–H groups in total. The summed E-state index contributed by atoms with van der Waals surface area (Å²) in [6, 6.07) is -0.323. The maximum absolute atomic E-state index is 11.5. The molecule has 0 fully saturated rings. The number of nitrogens with zero attached hydrogens (tertiary/aromatic N) is 2. The smallest absolute Gasteiger partial charge is 0.156 e. The number of rotatable bonds is 4. The van der Waals surface area contributed by atoms with Gasteiger partial charge in [-0.2, -0.15) is 5.10 Å². The Labute approximate surface area is 83.8 Å². The van der Waals surface area contributed by atoms with Crippen LogP contribution in [0.2, 0.25) is 0 Å². The number of sulfone groups is 1. The van der Waals surface area contributed by atoms with E-state index in [0.29, 0.717) is 5.56 Å². The fraction of sp³-hybridized carbons (Fsp3) is 0.625. The Morgan fingerprint density at radius 1 is 1.64 bits per heavy atom. The standard InChI is InChI=1S/C8H15N3O2S/c1-7(9)5-14(12,13)6-8-3-10-11(2)4-8/h3-4,7H,5-6,9H2,1-2H3. The van der Waals surface area contributed by atoms with Gasteiger partial charge >= 0.3 is 0 Å². The van der Waals surface area contributed by atoms with Gasteiger partial charge in [0.2, 0.25) is 0 Å². The van der Waals surface area contributed by atoms with Crippen LogP contribution in [-0.2, 0) is 22.6 Å². The van der Waals surface area contributed by atoms with Crippen LogP contribution in [0.15, 0.2) is 12.4 Å². The van der Waals surface area contributed by atoms with E-state index in [1.54, 1.807) is 31.0 Å². The highest BCUT2D eigenvalue weighted by molar-refractivity contribution is 7.90. The summed E-state index contributed by atoms with van der Waals surface area (Å²) >= 11 is 0. The zero-order chi connectivity index (χ0) is 10.8. The zero-order valence-corrected chi connectivity index (χ0v) is 9.16. The lowest BCUT2D eigenvalue weighted by atomic mass is 10.4. The molecule has 80 valence electrons. The molecule has 1 rings (SSSR count). The lowest BCUT2D eigenvalue weighted by molar-refractivity contribution is 0.589. The van der Waals surface area contributed by atoms with E-state index in [1.807, 2.05) is 0 Å². The second-order valence-corrected chi connectivity index (χ2v) is 5.66. The third-order valence-corrected chi connectivity index (χ3v) is 3.47. The summed E-state index contributed by atoms with van der Waals surface area (Å²) in [4.78, 5) is 0. The molecule has 1 unspecified atom stereocenters. The van der Waals surface area contributed by atoms with Crippen LogP contribution in [-0.4, -0.2) is 30.0 Å². The molecule has 5 nitrogen and oxygen atoms in total. The van der Waals surface area contributed by atoms with Crippen LogP contribution in [0.1, 0.15) is 12.5 Å². The predicted molar refractivity (Wildman–Crippen MR) is 54.3 cm³/mol. The molecule has 0 bridgehead atoms. The van der Waals surface area contributed by atoms with Gasteiger partial charge in [-0.05, 0) is 6.92 Å². The molecule has 1 atom stereocenters. The Kier molecular flexibility index (Phi) is 3.28. The summed E-state index contributed by atoms with van der Waals surface area (Å²) in [5.74, 6) is 0.0320. The van der Waals surface area contributed by atoms with Crippen molar-refractivity contribution in [3.8, 4) is 0 Å². The molecule has 0 amide bonds. The highest BCUT2D eigenvalue weighted by atomic mass is 32.2. The molecule has 0 spiro atoms. The van der Waals surface area contributed by atoms with Crippen LogP contribution >= 0.6 is 0 Å². The summed E-state index contributed by atoms with van der Waals surface area (Å²) < 4.78 is 24.6. The van der Waals surface area contributed by atoms with Crippen molar-refractivity contribution in [1.82, 2.24) is 9.78 Å². The molecule has 0 radical (unpaired) electrons. The number of nitrogens with two attached hydrogens (primary N) is 1. The van der Waals surface area contributed by atoms with Gasteiger partial charge in [-0.3, -0.25) is 4.68 Å². The second-order valence-electron chi connectivity index (χ2n) is 3.55. The molecule has 0 aliphatic carbocycles. The van der Waals surface area contributed by atoms with Gasteiger partial charge < -0.3 is 5.73 Å². The second kappa shape index (κ2) is 4.10. The quantitative estimate of drug-likeness (QED) is 0.750. The summed E-state index contributed by atoms with van der Waals surface area (Å²) in [6.45, 7) is 1.68. The van der Waals surface area contributed by atoms with Gasteiger partial charge in [-0.1, -0.05) is 0 Å². The fourth-order valence-electron chi connectivity index (χ4n) is 1.26. The molecular formula is C8H15N3O2S. The first-order valence-electron chi connectivity index (χ1n) is 4.32. The molecule has 0 aliphatic rings. The van der Waals surface area contributed by atoms with E-state index >= 15 is 0 Å². The molecule has 6 heteroatoms. The van der Waals surface area contributed by atoms with Crippen molar-refractivity contribution in [1.29, 1.82) is 0 Å². The van der Waals surface area contributed by atoms with Crippen molar-refractivity contribution in [2.75, 3.05) is 5.75 Å². The largest absolute Gasteiger partial charge is 0.327 e.